The van der Waals surface area contributed by atoms with Crippen LogP contribution in [0.4, 0.5) is 0 Å². The molecule has 0 unspecified atom stereocenters. The van der Waals surface area contributed by atoms with Crippen molar-refractivity contribution in [2.75, 3.05) is 13.1 Å². The molecular formula is C15H15ClN2O3. The van der Waals surface area contributed by atoms with Gasteiger partial charge in [-0.05, 0) is 25.0 Å². The van der Waals surface area contributed by atoms with Gasteiger partial charge in [0.1, 0.15) is 5.69 Å². The Hall–Kier alpha value is -1.85. The number of benzene rings is 1. The van der Waals surface area contributed by atoms with Gasteiger partial charge in [0.25, 0.3) is 5.91 Å². The molecule has 0 spiro atoms. The Kier molecular flexibility index (Phi) is 3.94. The molecule has 110 valence electrons. The van der Waals surface area contributed by atoms with Crippen molar-refractivity contribution in [2.24, 2.45) is 0 Å². The number of carbonyl (C=O) groups is 1. The lowest BCUT2D eigenvalue weighted by atomic mass is 10.1. The number of likely N-dealkylation sites (tertiary alicyclic amines) is 1. The van der Waals surface area contributed by atoms with Crippen LogP contribution in [0.2, 0.25) is 5.02 Å². The summed E-state index contributed by atoms with van der Waals surface area (Å²) in [6.45, 7) is 0.967. The van der Waals surface area contributed by atoms with Gasteiger partial charge in [-0.1, -0.05) is 28.9 Å². The maximum Gasteiger partial charge on any atom is 0.292 e. The number of rotatable bonds is 2. The normalized spacial score (nSPS) is 18.8. The highest BCUT2D eigenvalue weighted by Gasteiger charge is 2.26. The molecule has 6 heteroatoms. The van der Waals surface area contributed by atoms with Gasteiger partial charge in [-0.25, -0.2) is 0 Å². The highest BCUT2D eigenvalue weighted by molar-refractivity contribution is 6.30. The number of aromatic nitrogens is 1. The van der Waals surface area contributed by atoms with Crippen molar-refractivity contribution in [3.05, 3.63) is 41.1 Å². The molecule has 1 fully saturated rings. The third-order valence-corrected chi connectivity index (χ3v) is 3.76. The zero-order chi connectivity index (χ0) is 14.8. The fourth-order valence-corrected chi connectivity index (χ4v) is 2.65. The molecule has 1 aromatic heterocycles. The number of hydrogen-bond acceptors (Lipinski definition) is 4. The Morgan fingerprint density at radius 3 is 3.05 bits per heavy atom. The fraction of sp³-hybridized carbons (Fsp3) is 0.333. The predicted molar refractivity (Wildman–Crippen MR) is 78.1 cm³/mol. The van der Waals surface area contributed by atoms with Crippen LogP contribution in [0.25, 0.3) is 11.3 Å². The van der Waals surface area contributed by atoms with Crippen LogP contribution >= 0.6 is 11.6 Å². The number of aliphatic hydroxyl groups is 1. The molecule has 1 aliphatic heterocycles. The summed E-state index contributed by atoms with van der Waals surface area (Å²) < 4.78 is 5.14. The van der Waals surface area contributed by atoms with Crippen LogP contribution in [0.15, 0.2) is 34.9 Å². The maximum absolute atomic E-state index is 12.3. The Balaban J connectivity index is 1.80. The second-order valence-electron chi connectivity index (χ2n) is 5.13. The number of hydrogen-bond donors (Lipinski definition) is 1. The molecule has 2 aromatic rings. The molecule has 0 aliphatic carbocycles. The minimum Gasteiger partial charge on any atom is -0.391 e. The number of carbonyl (C=O) groups excluding carboxylic acids is 1. The largest absolute Gasteiger partial charge is 0.391 e. The van der Waals surface area contributed by atoms with Gasteiger partial charge in [-0.15, -0.1) is 0 Å². The first-order valence-electron chi connectivity index (χ1n) is 6.83. The first kappa shape index (κ1) is 14.1. The Labute approximate surface area is 127 Å². The summed E-state index contributed by atoms with van der Waals surface area (Å²) in [7, 11) is 0. The van der Waals surface area contributed by atoms with E-state index in [4.69, 9.17) is 16.1 Å². The third-order valence-electron chi connectivity index (χ3n) is 3.53. The molecule has 1 atom stereocenters. The summed E-state index contributed by atoms with van der Waals surface area (Å²) in [5.41, 5.74) is 1.36. The summed E-state index contributed by atoms with van der Waals surface area (Å²) in [5, 5.41) is 14.2. The molecule has 2 heterocycles. The number of piperidine rings is 1. The van der Waals surface area contributed by atoms with Gasteiger partial charge in [0, 0.05) is 29.7 Å². The van der Waals surface area contributed by atoms with E-state index in [1.807, 2.05) is 12.1 Å². The number of nitrogens with zero attached hydrogens (tertiary/aromatic N) is 2. The van der Waals surface area contributed by atoms with Crippen LogP contribution in [-0.2, 0) is 0 Å². The molecule has 0 bridgehead atoms. The molecule has 1 aromatic carbocycles. The van der Waals surface area contributed by atoms with Gasteiger partial charge in [-0.3, -0.25) is 4.79 Å². The van der Waals surface area contributed by atoms with Crippen molar-refractivity contribution in [3.63, 3.8) is 0 Å². The average Bonchev–Trinajstić information content (AvgIpc) is 2.96. The predicted octanol–water partition coefficient (Wildman–Crippen LogP) is 2.59. The summed E-state index contributed by atoms with van der Waals surface area (Å²) in [6, 6.07) is 8.80. The van der Waals surface area contributed by atoms with Crippen LogP contribution in [0.5, 0.6) is 0 Å². The highest BCUT2D eigenvalue weighted by Crippen LogP contribution is 2.23. The van der Waals surface area contributed by atoms with E-state index in [9.17, 15) is 9.90 Å². The number of β-amino-alcohol motifs (C(OH)–C–C–N with tert-alkyl or cyclic N) is 1. The van der Waals surface area contributed by atoms with Crippen molar-refractivity contribution in [1.82, 2.24) is 10.1 Å². The van der Waals surface area contributed by atoms with E-state index in [1.54, 1.807) is 23.1 Å². The monoisotopic (exact) mass is 306 g/mol. The van der Waals surface area contributed by atoms with Crippen molar-refractivity contribution in [3.8, 4) is 11.3 Å². The molecule has 3 rings (SSSR count). The van der Waals surface area contributed by atoms with E-state index >= 15 is 0 Å². The smallest absolute Gasteiger partial charge is 0.292 e. The SMILES string of the molecule is O=C(c1cc(-c2cccc(Cl)c2)no1)N1CCC[C@H](O)C1. The van der Waals surface area contributed by atoms with Gasteiger partial charge in [-0.2, -0.15) is 0 Å². The lowest BCUT2D eigenvalue weighted by Crippen LogP contribution is -2.42. The zero-order valence-corrected chi connectivity index (χ0v) is 12.1. The number of amides is 1. The average molecular weight is 307 g/mol. The molecule has 1 saturated heterocycles. The van der Waals surface area contributed by atoms with E-state index in [2.05, 4.69) is 5.16 Å². The molecule has 21 heavy (non-hydrogen) atoms. The molecular weight excluding hydrogens is 292 g/mol. The summed E-state index contributed by atoms with van der Waals surface area (Å²) in [4.78, 5) is 13.9. The standard InChI is InChI=1S/C15H15ClN2O3/c16-11-4-1-3-10(7-11)13-8-14(21-17-13)15(20)18-6-2-5-12(19)9-18/h1,3-4,7-8,12,19H,2,5-6,9H2/t12-/m0/s1. The molecule has 0 saturated carbocycles. The van der Waals surface area contributed by atoms with Crippen molar-refractivity contribution >= 4 is 17.5 Å². The molecule has 1 aliphatic rings. The van der Waals surface area contributed by atoms with E-state index in [-0.39, 0.29) is 11.7 Å². The zero-order valence-electron chi connectivity index (χ0n) is 11.3. The van der Waals surface area contributed by atoms with Gasteiger partial charge in [0.05, 0.1) is 6.10 Å². The minimum absolute atomic E-state index is 0.180. The Morgan fingerprint density at radius 2 is 2.29 bits per heavy atom. The summed E-state index contributed by atoms with van der Waals surface area (Å²) in [6.07, 6.45) is 1.06. The minimum atomic E-state index is -0.460. The third kappa shape index (κ3) is 3.09. The Morgan fingerprint density at radius 1 is 1.43 bits per heavy atom. The van der Waals surface area contributed by atoms with E-state index in [0.717, 1.165) is 18.4 Å². The second-order valence-corrected chi connectivity index (χ2v) is 5.57. The van der Waals surface area contributed by atoms with E-state index in [1.165, 1.54) is 0 Å². The molecule has 1 N–H and O–H groups in total. The van der Waals surface area contributed by atoms with Crippen LogP contribution < -0.4 is 0 Å². The second kappa shape index (κ2) is 5.87. The quantitative estimate of drug-likeness (QED) is 0.926. The van der Waals surface area contributed by atoms with E-state index < -0.39 is 6.10 Å². The van der Waals surface area contributed by atoms with Crippen molar-refractivity contribution in [1.29, 1.82) is 0 Å². The first-order chi connectivity index (χ1) is 10.1. The van der Waals surface area contributed by atoms with Crippen LogP contribution in [0.1, 0.15) is 23.4 Å². The van der Waals surface area contributed by atoms with Crippen molar-refractivity contribution < 1.29 is 14.4 Å². The first-order valence-corrected chi connectivity index (χ1v) is 7.21. The van der Waals surface area contributed by atoms with Crippen LogP contribution in [0.3, 0.4) is 0 Å². The summed E-state index contributed by atoms with van der Waals surface area (Å²) in [5.74, 6) is -0.0615. The molecule has 0 radical (unpaired) electrons. The summed E-state index contributed by atoms with van der Waals surface area (Å²) >= 11 is 5.94. The van der Waals surface area contributed by atoms with Gasteiger partial charge in [0.2, 0.25) is 5.76 Å². The van der Waals surface area contributed by atoms with Crippen LogP contribution in [-0.4, -0.2) is 40.3 Å². The highest BCUT2D eigenvalue weighted by atomic mass is 35.5. The maximum atomic E-state index is 12.3. The molecule has 5 nitrogen and oxygen atoms in total. The van der Waals surface area contributed by atoms with Gasteiger partial charge in [0.15, 0.2) is 0 Å². The lowest BCUT2D eigenvalue weighted by Gasteiger charge is -2.29. The topological polar surface area (TPSA) is 66.6 Å². The number of halogens is 1. The van der Waals surface area contributed by atoms with Crippen LogP contribution in [0, 0.1) is 0 Å². The lowest BCUT2D eigenvalue weighted by molar-refractivity contribution is 0.0441. The van der Waals surface area contributed by atoms with Gasteiger partial charge < -0.3 is 14.5 Å². The fourth-order valence-electron chi connectivity index (χ4n) is 2.45. The number of aliphatic hydroxyl groups excluding tert-OH is 1. The Bertz CT molecular complexity index is 656. The molecule has 1 amide bonds. The van der Waals surface area contributed by atoms with Gasteiger partial charge >= 0.3 is 0 Å². The van der Waals surface area contributed by atoms with E-state index in [0.29, 0.717) is 23.8 Å². The van der Waals surface area contributed by atoms with Crippen molar-refractivity contribution in [2.45, 2.75) is 18.9 Å².